The lowest BCUT2D eigenvalue weighted by molar-refractivity contribution is 0.134. The molecule has 0 radical (unpaired) electrons. The Morgan fingerprint density at radius 2 is 1.94 bits per heavy atom. The second kappa shape index (κ2) is 5.70. The third-order valence-corrected chi connectivity index (χ3v) is 3.95. The SMILES string of the molecule is Cc1cc(C(N)=S)ccc1OC1CCC(C)CC1. The first-order valence-corrected chi connectivity index (χ1v) is 7.04. The van der Waals surface area contributed by atoms with E-state index in [9.17, 15) is 0 Å². The highest BCUT2D eigenvalue weighted by Crippen LogP contribution is 2.28. The van der Waals surface area contributed by atoms with Crippen LogP contribution in [0.1, 0.15) is 43.7 Å². The van der Waals surface area contributed by atoms with E-state index in [1.807, 2.05) is 25.1 Å². The van der Waals surface area contributed by atoms with Crippen LogP contribution in [0.2, 0.25) is 0 Å². The maximum Gasteiger partial charge on any atom is 0.122 e. The highest BCUT2D eigenvalue weighted by Gasteiger charge is 2.20. The molecule has 1 fully saturated rings. The van der Waals surface area contributed by atoms with Crippen LogP contribution in [0.4, 0.5) is 0 Å². The average Bonchev–Trinajstić information content (AvgIpc) is 2.34. The van der Waals surface area contributed by atoms with Crippen LogP contribution in [-0.2, 0) is 0 Å². The molecule has 0 spiro atoms. The van der Waals surface area contributed by atoms with Gasteiger partial charge in [0.25, 0.3) is 0 Å². The number of aryl methyl sites for hydroxylation is 1. The second-order valence-corrected chi connectivity index (χ2v) is 5.78. The monoisotopic (exact) mass is 263 g/mol. The summed E-state index contributed by atoms with van der Waals surface area (Å²) in [4.78, 5) is 0.441. The summed E-state index contributed by atoms with van der Waals surface area (Å²) in [6, 6.07) is 5.93. The normalized spacial score (nSPS) is 23.7. The molecule has 1 aromatic carbocycles. The van der Waals surface area contributed by atoms with Gasteiger partial charge in [0.1, 0.15) is 10.7 Å². The molecular weight excluding hydrogens is 242 g/mol. The van der Waals surface area contributed by atoms with Gasteiger partial charge in [-0.3, -0.25) is 0 Å². The van der Waals surface area contributed by atoms with Crippen molar-refractivity contribution in [3.63, 3.8) is 0 Å². The van der Waals surface area contributed by atoms with Crippen molar-refractivity contribution in [3.05, 3.63) is 29.3 Å². The summed E-state index contributed by atoms with van der Waals surface area (Å²) in [5.74, 6) is 1.82. The maximum absolute atomic E-state index is 6.09. The van der Waals surface area contributed by atoms with Crippen LogP contribution < -0.4 is 10.5 Å². The summed E-state index contributed by atoms with van der Waals surface area (Å²) in [5, 5.41) is 0. The third-order valence-electron chi connectivity index (χ3n) is 3.72. The molecule has 0 saturated heterocycles. The van der Waals surface area contributed by atoms with Gasteiger partial charge in [-0.15, -0.1) is 0 Å². The van der Waals surface area contributed by atoms with E-state index < -0.39 is 0 Å². The number of thiocarbonyl (C=S) groups is 1. The smallest absolute Gasteiger partial charge is 0.122 e. The van der Waals surface area contributed by atoms with Crippen LogP contribution in [0.3, 0.4) is 0 Å². The first-order chi connectivity index (χ1) is 8.56. The van der Waals surface area contributed by atoms with E-state index in [2.05, 4.69) is 6.92 Å². The van der Waals surface area contributed by atoms with Crippen molar-refractivity contribution in [2.75, 3.05) is 0 Å². The Morgan fingerprint density at radius 3 is 2.50 bits per heavy atom. The first-order valence-electron chi connectivity index (χ1n) is 6.63. The molecule has 0 amide bonds. The third kappa shape index (κ3) is 3.22. The molecule has 1 aliphatic carbocycles. The van der Waals surface area contributed by atoms with E-state index >= 15 is 0 Å². The molecule has 2 rings (SSSR count). The number of hydrogen-bond acceptors (Lipinski definition) is 2. The number of benzene rings is 1. The van der Waals surface area contributed by atoms with Gasteiger partial charge in [-0.05, 0) is 62.3 Å². The molecule has 3 heteroatoms. The molecular formula is C15H21NOS. The number of rotatable bonds is 3. The van der Waals surface area contributed by atoms with Gasteiger partial charge in [0.2, 0.25) is 0 Å². The summed E-state index contributed by atoms with van der Waals surface area (Å²) in [6.07, 6.45) is 5.24. The molecule has 0 atom stereocenters. The second-order valence-electron chi connectivity index (χ2n) is 5.34. The fourth-order valence-electron chi connectivity index (χ4n) is 2.46. The van der Waals surface area contributed by atoms with Crippen molar-refractivity contribution in [2.24, 2.45) is 11.7 Å². The minimum absolute atomic E-state index is 0.371. The highest BCUT2D eigenvalue weighted by molar-refractivity contribution is 7.80. The predicted octanol–water partition coefficient (Wildman–Crippen LogP) is 3.59. The Kier molecular flexibility index (Phi) is 4.23. The zero-order valence-electron chi connectivity index (χ0n) is 11.1. The quantitative estimate of drug-likeness (QED) is 0.846. The molecule has 1 aromatic rings. The van der Waals surface area contributed by atoms with Gasteiger partial charge >= 0.3 is 0 Å². The van der Waals surface area contributed by atoms with Crippen LogP contribution in [0, 0.1) is 12.8 Å². The van der Waals surface area contributed by atoms with Crippen molar-refractivity contribution in [1.82, 2.24) is 0 Å². The van der Waals surface area contributed by atoms with Crippen LogP contribution in [0.5, 0.6) is 5.75 Å². The van der Waals surface area contributed by atoms with Gasteiger partial charge in [-0.1, -0.05) is 19.1 Å². The summed E-state index contributed by atoms with van der Waals surface area (Å²) >= 11 is 4.98. The molecule has 0 bridgehead atoms. The molecule has 1 aliphatic rings. The van der Waals surface area contributed by atoms with Crippen molar-refractivity contribution < 1.29 is 4.74 Å². The molecule has 18 heavy (non-hydrogen) atoms. The summed E-state index contributed by atoms with van der Waals surface area (Å²) in [6.45, 7) is 4.36. The molecule has 2 N–H and O–H groups in total. The van der Waals surface area contributed by atoms with Crippen molar-refractivity contribution in [3.8, 4) is 5.75 Å². The van der Waals surface area contributed by atoms with Gasteiger partial charge in [0, 0.05) is 5.56 Å². The number of hydrogen-bond donors (Lipinski definition) is 1. The molecule has 0 unspecified atom stereocenters. The van der Waals surface area contributed by atoms with Crippen LogP contribution >= 0.6 is 12.2 Å². The van der Waals surface area contributed by atoms with E-state index in [0.717, 1.165) is 35.6 Å². The Balaban J connectivity index is 2.03. The molecule has 0 heterocycles. The molecule has 98 valence electrons. The standard InChI is InChI=1S/C15H21NOS/c1-10-3-6-13(7-4-10)17-14-8-5-12(15(16)18)9-11(14)2/h5,8-10,13H,3-4,6-7H2,1-2H3,(H2,16,18). The molecule has 2 nitrogen and oxygen atoms in total. The summed E-state index contributed by atoms with van der Waals surface area (Å²) in [5.41, 5.74) is 7.64. The first kappa shape index (κ1) is 13.3. The van der Waals surface area contributed by atoms with Gasteiger partial charge < -0.3 is 10.5 Å². The summed E-state index contributed by atoms with van der Waals surface area (Å²) in [7, 11) is 0. The Labute approximate surface area is 115 Å². The van der Waals surface area contributed by atoms with Crippen molar-refractivity contribution in [1.29, 1.82) is 0 Å². The van der Waals surface area contributed by atoms with Crippen LogP contribution in [0.15, 0.2) is 18.2 Å². The van der Waals surface area contributed by atoms with Gasteiger partial charge in [-0.2, -0.15) is 0 Å². The topological polar surface area (TPSA) is 35.2 Å². The van der Waals surface area contributed by atoms with E-state index in [-0.39, 0.29) is 0 Å². The zero-order valence-corrected chi connectivity index (χ0v) is 11.9. The fourth-order valence-corrected chi connectivity index (χ4v) is 2.59. The Hall–Kier alpha value is -1.09. The van der Waals surface area contributed by atoms with Crippen molar-refractivity contribution >= 4 is 17.2 Å². The van der Waals surface area contributed by atoms with E-state index in [4.69, 9.17) is 22.7 Å². The maximum atomic E-state index is 6.09. The van der Waals surface area contributed by atoms with Gasteiger partial charge in [0.15, 0.2) is 0 Å². The van der Waals surface area contributed by atoms with Crippen molar-refractivity contribution in [2.45, 2.75) is 45.6 Å². The average molecular weight is 263 g/mol. The minimum atomic E-state index is 0.371. The largest absolute Gasteiger partial charge is 0.490 e. The van der Waals surface area contributed by atoms with E-state index in [1.54, 1.807) is 0 Å². The molecule has 1 saturated carbocycles. The van der Waals surface area contributed by atoms with E-state index in [0.29, 0.717) is 11.1 Å². The number of nitrogens with two attached hydrogens (primary N) is 1. The number of ether oxygens (including phenoxy) is 1. The lowest BCUT2D eigenvalue weighted by Crippen LogP contribution is -2.23. The molecule has 0 aromatic heterocycles. The minimum Gasteiger partial charge on any atom is -0.490 e. The predicted molar refractivity (Wildman–Crippen MR) is 79.1 cm³/mol. The van der Waals surface area contributed by atoms with Crippen LogP contribution in [0.25, 0.3) is 0 Å². The lowest BCUT2D eigenvalue weighted by atomic mass is 9.89. The van der Waals surface area contributed by atoms with Crippen LogP contribution in [-0.4, -0.2) is 11.1 Å². The zero-order chi connectivity index (χ0) is 13.1. The highest BCUT2D eigenvalue weighted by atomic mass is 32.1. The lowest BCUT2D eigenvalue weighted by Gasteiger charge is -2.27. The summed E-state index contributed by atoms with van der Waals surface area (Å²) < 4.78 is 6.09. The molecule has 0 aliphatic heterocycles. The van der Waals surface area contributed by atoms with Gasteiger partial charge in [0.05, 0.1) is 6.10 Å². The Bertz CT molecular complexity index is 436. The fraction of sp³-hybridized carbons (Fsp3) is 0.533. The van der Waals surface area contributed by atoms with Gasteiger partial charge in [-0.25, -0.2) is 0 Å². The van der Waals surface area contributed by atoms with E-state index in [1.165, 1.54) is 12.8 Å². The Morgan fingerprint density at radius 1 is 1.28 bits per heavy atom.